The first-order chi connectivity index (χ1) is 5.61. The quantitative estimate of drug-likeness (QED) is 0.653. The lowest BCUT2D eigenvalue weighted by molar-refractivity contribution is -0.133. The second kappa shape index (κ2) is 3.90. The third-order valence-corrected chi connectivity index (χ3v) is 2.34. The van der Waals surface area contributed by atoms with Gasteiger partial charge in [0.05, 0.1) is 6.54 Å². The summed E-state index contributed by atoms with van der Waals surface area (Å²) in [4.78, 5) is 13.1. The highest BCUT2D eigenvalue weighted by Gasteiger charge is 2.24. The van der Waals surface area contributed by atoms with Gasteiger partial charge in [0.2, 0.25) is 5.91 Å². The van der Waals surface area contributed by atoms with Crippen LogP contribution in [0.15, 0.2) is 0 Å². The lowest BCUT2D eigenvalue weighted by Gasteiger charge is -2.34. The van der Waals surface area contributed by atoms with E-state index in [1.807, 2.05) is 11.9 Å². The molecule has 0 bridgehead atoms. The van der Waals surface area contributed by atoms with Crippen molar-refractivity contribution >= 4 is 5.91 Å². The predicted octanol–water partition coefficient (Wildman–Crippen LogP) is 0.463. The molecule has 70 valence electrons. The van der Waals surface area contributed by atoms with Crippen LogP contribution in [-0.4, -0.2) is 37.0 Å². The van der Waals surface area contributed by atoms with E-state index >= 15 is 0 Å². The number of piperazine rings is 1. The van der Waals surface area contributed by atoms with Crippen LogP contribution >= 0.6 is 0 Å². The molecule has 0 saturated carbocycles. The molecule has 12 heavy (non-hydrogen) atoms. The lowest BCUT2D eigenvalue weighted by atomic mass is 10.0. The fraction of sp³-hybridized carbons (Fsp3) is 0.889. The molecule has 1 unspecified atom stereocenters. The van der Waals surface area contributed by atoms with Gasteiger partial charge in [-0.05, 0) is 12.3 Å². The van der Waals surface area contributed by atoms with Crippen LogP contribution in [0.4, 0.5) is 0 Å². The maximum Gasteiger partial charge on any atom is 0.236 e. The van der Waals surface area contributed by atoms with Crippen LogP contribution in [-0.2, 0) is 4.79 Å². The van der Waals surface area contributed by atoms with E-state index in [0.29, 0.717) is 18.5 Å². The molecule has 0 radical (unpaired) electrons. The van der Waals surface area contributed by atoms with Gasteiger partial charge in [0.1, 0.15) is 0 Å². The van der Waals surface area contributed by atoms with Gasteiger partial charge in [0, 0.05) is 19.6 Å². The molecule has 0 aliphatic carbocycles. The Balaban J connectivity index is 2.46. The fourth-order valence-corrected chi connectivity index (χ4v) is 1.60. The van der Waals surface area contributed by atoms with Gasteiger partial charge in [0.25, 0.3) is 0 Å². The van der Waals surface area contributed by atoms with Crippen molar-refractivity contribution in [1.82, 2.24) is 10.2 Å². The van der Waals surface area contributed by atoms with E-state index in [1.165, 1.54) is 0 Å². The van der Waals surface area contributed by atoms with Gasteiger partial charge in [-0.2, -0.15) is 0 Å². The number of likely N-dealkylation sites (N-methyl/N-ethyl adjacent to an activating group) is 1. The minimum atomic E-state index is 0.215. The standard InChI is InChI=1S/C9H18N2O/c1-7(2)4-8-5-10-6-9(12)11(8)3/h7-8,10H,4-6H2,1-3H3. The summed E-state index contributed by atoms with van der Waals surface area (Å²) in [6.45, 7) is 5.82. The third-order valence-electron chi connectivity index (χ3n) is 2.34. The molecular formula is C9H18N2O. The van der Waals surface area contributed by atoms with Crippen LogP contribution in [0, 0.1) is 5.92 Å². The van der Waals surface area contributed by atoms with E-state index < -0.39 is 0 Å². The first-order valence-corrected chi connectivity index (χ1v) is 4.57. The minimum absolute atomic E-state index is 0.215. The van der Waals surface area contributed by atoms with Crippen molar-refractivity contribution in [3.05, 3.63) is 0 Å². The van der Waals surface area contributed by atoms with Crippen molar-refractivity contribution in [3.8, 4) is 0 Å². The summed E-state index contributed by atoms with van der Waals surface area (Å²) >= 11 is 0. The van der Waals surface area contributed by atoms with Gasteiger partial charge in [-0.25, -0.2) is 0 Å². The summed E-state index contributed by atoms with van der Waals surface area (Å²) < 4.78 is 0. The third kappa shape index (κ3) is 2.21. The number of hydrogen-bond acceptors (Lipinski definition) is 2. The van der Waals surface area contributed by atoms with Gasteiger partial charge in [0.15, 0.2) is 0 Å². The summed E-state index contributed by atoms with van der Waals surface area (Å²) in [5.41, 5.74) is 0. The molecular weight excluding hydrogens is 152 g/mol. The van der Waals surface area contributed by atoms with Crippen LogP contribution in [0.1, 0.15) is 20.3 Å². The van der Waals surface area contributed by atoms with Crippen LogP contribution in [0.25, 0.3) is 0 Å². The molecule has 1 aliphatic rings. The molecule has 1 aliphatic heterocycles. The Kier molecular flexibility index (Phi) is 3.09. The van der Waals surface area contributed by atoms with Crippen LogP contribution in [0.5, 0.6) is 0 Å². The highest BCUT2D eigenvalue weighted by Crippen LogP contribution is 2.11. The molecule has 0 spiro atoms. The maximum absolute atomic E-state index is 11.2. The zero-order chi connectivity index (χ0) is 9.14. The first kappa shape index (κ1) is 9.52. The van der Waals surface area contributed by atoms with E-state index in [2.05, 4.69) is 19.2 Å². The molecule has 3 nitrogen and oxygen atoms in total. The second-order valence-electron chi connectivity index (χ2n) is 3.92. The monoisotopic (exact) mass is 170 g/mol. The average Bonchev–Trinajstić information content (AvgIpc) is 1.98. The van der Waals surface area contributed by atoms with Crippen molar-refractivity contribution in [3.63, 3.8) is 0 Å². The van der Waals surface area contributed by atoms with E-state index in [1.54, 1.807) is 0 Å². The predicted molar refractivity (Wildman–Crippen MR) is 48.9 cm³/mol. The fourth-order valence-electron chi connectivity index (χ4n) is 1.60. The molecule has 1 saturated heterocycles. The zero-order valence-corrected chi connectivity index (χ0v) is 8.13. The van der Waals surface area contributed by atoms with Gasteiger partial charge >= 0.3 is 0 Å². The Morgan fingerprint density at radius 1 is 1.67 bits per heavy atom. The summed E-state index contributed by atoms with van der Waals surface area (Å²) in [5.74, 6) is 0.872. The summed E-state index contributed by atoms with van der Waals surface area (Å²) in [5, 5.41) is 3.13. The Labute approximate surface area is 74.1 Å². The highest BCUT2D eigenvalue weighted by molar-refractivity contribution is 5.79. The SMILES string of the molecule is CC(C)CC1CNCC(=O)N1C. The molecule has 1 amide bonds. The van der Waals surface area contributed by atoms with Crippen molar-refractivity contribution in [2.45, 2.75) is 26.3 Å². The van der Waals surface area contributed by atoms with E-state index in [9.17, 15) is 4.79 Å². The molecule has 0 aromatic heterocycles. The number of carbonyl (C=O) groups is 1. The lowest BCUT2D eigenvalue weighted by Crippen LogP contribution is -2.53. The van der Waals surface area contributed by atoms with Crippen LogP contribution in [0.3, 0.4) is 0 Å². The Morgan fingerprint density at radius 3 is 2.92 bits per heavy atom. The number of carbonyl (C=O) groups excluding carboxylic acids is 1. The van der Waals surface area contributed by atoms with Gasteiger partial charge in [-0.1, -0.05) is 13.8 Å². The minimum Gasteiger partial charge on any atom is -0.340 e. The summed E-state index contributed by atoms with van der Waals surface area (Å²) in [6.07, 6.45) is 1.09. The second-order valence-corrected chi connectivity index (χ2v) is 3.92. The Hall–Kier alpha value is -0.570. The van der Waals surface area contributed by atoms with E-state index in [-0.39, 0.29) is 5.91 Å². The summed E-state index contributed by atoms with van der Waals surface area (Å²) in [6, 6.07) is 0.395. The molecule has 1 fully saturated rings. The molecule has 1 heterocycles. The number of hydrogen-bond donors (Lipinski definition) is 1. The number of amides is 1. The summed E-state index contributed by atoms with van der Waals surface area (Å²) in [7, 11) is 1.90. The smallest absolute Gasteiger partial charge is 0.236 e. The topological polar surface area (TPSA) is 32.3 Å². The van der Waals surface area contributed by atoms with Crippen LogP contribution < -0.4 is 5.32 Å². The number of rotatable bonds is 2. The van der Waals surface area contributed by atoms with E-state index in [0.717, 1.165) is 13.0 Å². The first-order valence-electron chi connectivity index (χ1n) is 4.57. The van der Waals surface area contributed by atoms with E-state index in [4.69, 9.17) is 0 Å². The molecule has 1 rings (SSSR count). The average molecular weight is 170 g/mol. The van der Waals surface area contributed by atoms with Crippen molar-refractivity contribution in [2.75, 3.05) is 20.1 Å². The van der Waals surface area contributed by atoms with Crippen molar-refractivity contribution in [1.29, 1.82) is 0 Å². The number of nitrogens with zero attached hydrogens (tertiary/aromatic N) is 1. The molecule has 0 aromatic carbocycles. The normalized spacial score (nSPS) is 25.2. The van der Waals surface area contributed by atoms with Gasteiger partial charge in [-0.3, -0.25) is 4.79 Å². The zero-order valence-electron chi connectivity index (χ0n) is 8.13. The maximum atomic E-state index is 11.2. The van der Waals surface area contributed by atoms with Crippen LogP contribution in [0.2, 0.25) is 0 Å². The largest absolute Gasteiger partial charge is 0.340 e. The Bertz CT molecular complexity index is 168. The van der Waals surface area contributed by atoms with Gasteiger partial charge < -0.3 is 10.2 Å². The number of nitrogens with one attached hydrogen (secondary N) is 1. The Morgan fingerprint density at radius 2 is 2.33 bits per heavy atom. The highest BCUT2D eigenvalue weighted by atomic mass is 16.2. The molecule has 3 heteroatoms. The van der Waals surface area contributed by atoms with Crippen molar-refractivity contribution < 1.29 is 4.79 Å². The van der Waals surface area contributed by atoms with Crippen molar-refractivity contribution in [2.24, 2.45) is 5.92 Å². The molecule has 0 aromatic rings. The van der Waals surface area contributed by atoms with Gasteiger partial charge in [-0.15, -0.1) is 0 Å². The molecule has 1 N–H and O–H groups in total. The molecule has 1 atom stereocenters.